The van der Waals surface area contributed by atoms with E-state index in [-0.39, 0.29) is 5.91 Å². The molecule has 0 bridgehead atoms. The Morgan fingerprint density at radius 1 is 1.35 bits per heavy atom. The van der Waals surface area contributed by atoms with E-state index in [9.17, 15) is 4.79 Å². The first-order chi connectivity index (χ1) is 12.6. The molecule has 1 amide bonds. The molecule has 0 spiro atoms. The summed E-state index contributed by atoms with van der Waals surface area (Å²) in [6, 6.07) is 6.01. The van der Waals surface area contributed by atoms with Gasteiger partial charge in [0.15, 0.2) is 0 Å². The SMILES string of the molecule is CNC(=O)CCCn1cc(-n2ccnc2-c2ccc(OC)c(C)c2)cn1. The molecule has 7 heteroatoms. The summed E-state index contributed by atoms with van der Waals surface area (Å²) in [5, 5.41) is 7.02. The van der Waals surface area contributed by atoms with Gasteiger partial charge < -0.3 is 10.1 Å². The number of imidazole rings is 1. The van der Waals surface area contributed by atoms with Gasteiger partial charge in [-0.3, -0.25) is 14.0 Å². The summed E-state index contributed by atoms with van der Waals surface area (Å²) in [6.07, 6.45) is 8.70. The summed E-state index contributed by atoms with van der Waals surface area (Å²) in [7, 11) is 3.32. The van der Waals surface area contributed by atoms with E-state index in [1.807, 2.05) is 40.7 Å². The van der Waals surface area contributed by atoms with Crippen LogP contribution in [0.15, 0.2) is 43.0 Å². The lowest BCUT2D eigenvalue weighted by Crippen LogP contribution is -2.17. The Morgan fingerprint density at radius 2 is 2.19 bits per heavy atom. The Labute approximate surface area is 152 Å². The Balaban J connectivity index is 1.78. The highest BCUT2D eigenvalue weighted by Gasteiger charge is 2.11. The van der Waals surface area contributed by atoms with Gasteiger partial charge in [0.2, 0.25) is 5.91 Å². The number of amides is 1. The van der Waals surface area contributed by atoms with Crippen molar-refractivity contribution < 1.29 is 9.53 Å². The van der Waals surface area contributed by atoms with E-state index in [1.54, 1.807) is 26.6 Å². The highest BCUT2D eigenvalue weighted by molar-refractivity contribution is 5.75. The van der Waals surface area contributed by atoms with E-state index >= 15 is 0 Å². The second-order valence-corrected chi connectivity index (χ2v) is 6.04. The van der Waals surface area contributed by atoms with Gasteiger partial charge in [-0.2, -0.15) is 5.10 Å². The van der Waals surface area contributed by atoms with E-state index in [0.29, 0.717) is 13.0 Å². The van der Waals surface area contributed by atoms with Crippen LogP contribution in [-0.4, -0.2) is 39.4 Å². The molecular formula is C19H23N5O2. The number of carbonyl (C=O) groups excluding carboxylic acids is 1. The molecule has 3 rings (SSSR count). The second-order valence-electron chi connectivity index (χ2n) is 6.04. The molecular weight excluding hydrogens is 330 g/mol. The minimum atomic E-state index is 0.0455. The van der Waals surface area contributed by atoms with Crippen LogP contribution < -0.4 is 10.1 Å². The summed E-state index contributed by atoms with van der Waals surface area (Å²) in [5.41, 5.74) is 3.01. The summed E-state index contributed by atoms with van der Waals surface area (Å²) in [5.74, 6) is 1.75. The molecule has 0 aliphatic carbocycles. The second kappa shape index (κ2) is 7.86. The first-order valence-electron chi connectivity index (χ1n) is 8.54. The summed E-state index contributed by atoms with van der Waals surface area (Å²) in [4.78, 5) is 15.8. The molecule has 0 saturated heterocycles. The molecule has 1 aromatic carbocycles. The monoisotopic (exact) mass is 353 g/mol. The third-order valence-electron chi connectivity index (χ3n) is 4.26. The van der Waals surface area contributed by atoms with Crippen LogP contribution in [0.3, 0.4) is 0 Å². The molecule has 0 radical (unpaired) electrons. The van der Waals surface area contributed by atoms with Crippen LogP contribution in [0.1, 0.15) is 18.4 Å². The number of aromatic nitrogens is 4. The van der Waals surface area contributed by atoms with Crippen molar-refractivity contribution in [2.45, 2.75) is 26.3 Å². The van der Waals surface area contributed by atoms with Crippen molar-refractivity contribution in [2.75, 3.05) is 14.2 Å². The Hall–Kier alpha value is -3.09. The number of ether oxygens (including phenoxy) is 1. The molecule has 2 aromatic heterocycles. The maximum absolute atomic E-state index is 11.3. The number of methoxy groups -OCH3 is 1. The van der Waals surface area contributed by atoms with E-state index in [1.165, 1.54) is 0 Å². The molecule has 0 atom stereocenters. The van der Waals surface area contributed by atoms with Crippen molar-refractivity contribution in [2.24, 2.45) is 0 Å². The molecule has 7 nitrogen and oxygen atoms in total. The quantitative estimate of drug-likeness (QED) is 0.708. The molecule has 1 N–H and O–H groups in total. The van der Waals surface area contributed by atoms with E-state index in [2.05, 4.69) is 21.5 Å². The van der Waals surface area contributed by atoms with Crippen molar-refractivity contribution in [1.82, 2.24) is 24.6 Å². The minimum Gasteiger partial charge on any atom is -0.496 e. The Kier molecular flexibility index (Phi) is 5.36. The van der Waals surface area contributed by atoms with Crippen LogP contribution in [0.5, 0.6) is 5.75 Å². The smallest absolute Gasteiger partial charge is 0.219 e. The van der Waals surface area contributed by atoms with Crippen LogP contribution in [0.25, 0.3) is 17.1 Å². The highest BCUT2D eigenvalue weighted by atomic mass is 16.5. The highest BCUT2D eigenvalue weighted by Crippen LogP contribution is 2.26. The van der Waals surface area contributed by atoms with Crippen molar-refractivity contribution >= 4 is 5.91 Å². The van der Waals surface area contributed by atoms with Crippen LogP contribution in [0.4, 0.5) is 0 Å². The van der Waals surface area contributed by atoms with E-state index in [4.69, 9.17) is 4.74 Å². The van der Waals surface area contributed by atoms with E-state index in [0.717, 1.165) is 34.8 Å². The van der Waals surface area contributed by atoms with Gasteiger partial charge in [-0.05, 0) is 37.1 Å². The third kappa shape index (κ3) is 3.77. The van der Waals surface area contributed by atoms with Crippen LogP contribution in [-0.2, 0) is 11.3 Å². The van der Waals surface area contributed by atoms with Crippen LogP contribution in [0, 0.1) is 6.92 Å². The molecule has 0 unspecified atom stereocenters. The number of aryl methyl sites for hydroxylation is 2. The summed E-state index contributed by atoms with van der Waals surface area (Å²) < 4.78 is 9.18. The van der Waals surface area contributed by atoms with Gasteiger partial charge in [-0.1, -0.05) is 0 Å². The molecule has 3 aromatic rings. The van der Waals surface area contributed by atoms with Crippen molar-refractivity contribution in [3.8, 4) is 22.8 Å². The van der Waals surface area contributed by atoms with Crippen molar-refractivity contribution in [1.29, 1.82) is 0 Å². The van der Waals surface area contributed by atoms with Gasteiger partial charge in [-0.25, -0.2) is 4.98 Å². The molecule has 0 saturated carbocycles. The molecule has 0 fully saturated rings. The van der Waals surface area contributed by atoms with Gasteiger partial charge in [0.25, 0.3) is 0 Å². The largest absolute Gasteiger partial charge is 0.496 e. The normalized spacial score (nSPS) is 10.7. The predicted molar refractivity (Wildman–Crippen MR) is 99.4 cm³/mol. The Morgan fingerprint density at radius 3 is 2.92 bits per heavy atom. The lowest BCUT2D eigenvalue weighted by Gasteiger charge is -2.09. The van der Waals surface area contributed by atoms with Crippen LogP contribution in [0.2, 0.25) is 0 Å². The number of nitrogens with one attached hydrogen (secondary N) is 1. The fourth-order valence-corrected chi connectivity index (χ4v) is 2.87. The fraction of sp³-hybridized carbons (Fsp3) is 0.316. The molecule has 136 valence electrons. The predicted octanol–water partition coefficient (Wildman–Crippen LogP) is 2.58. The Bertz CT molecular complexity index is 897. The number of carbonyl (C=O) groups is 1. The average Bonchev–Trinajstić information content (AvgIpc) is 3.30. The van der Waals surface area contributed by atoms with E-state index < -0.39 is 0 Å². The van der Waals surface area contributed by atoms with Crippen LogP contribution >= 0.6 is 0 Å². The van der Waals surface area contributed by atoms with Gasteiger partial charge in [0, 0.05) is 44.2 Å². The number of hydrogen-bond donors (Lipinski definition) is 1. The maximum Gasteiger partial charge on any atom is 0.219 e. The topological polar surface area (TPSA) is 74.0 Å². The molecule has 26 heavy (non-hydrogen) atoms. The lowest BCUT2D eigenvalue weighted by atomic mass is 10.1. The molecule has 0 aliphatic rings. The molecule has 2 heterocycles. The zero-order chi connectivity index (χ0) is 18.5. The van der Waals surface area contributed by atoms with Gasteiger partial charge in [0.1, 0.15) is 11.6 Å². The zero-order valence-corrected chi connectivity index (χ0v) is 15.3. The zero-order valence-electron chi connectivity index (χ0n) is 15.3. The standard InChI is InChI=1S/C19H23N5O2/c1-14-11-15(6-7-17(14)26-3)19-21-8-10-24(19)16-12-22-23(13-16)9-4-5-18(25)20-2/h6-8,10-13H,4-5,9H2,1-3H3,(H,20,25). The van der Waals surface area contributed by atoms with Gasteiger partial charge in [0.05, 0.1) is 19.0 Å². The first-order valence-corrected chi connectivity index (χ1v) is 8.54. The number of benzene rings is 1. The number of nitrogens with zero attached hydrogens (tertiary/aromatic N) is 4. The first kappa shape index (κ1) is 17.7. The van der Waals surface area contributed by atoms with Gasteiger partial charge >= 0.3 is 0 Å². The van der Waals surface area contributed by atoms with Gasteiger partial charge in [-0.15, -0.1) is 0 Å². The lowest BCUT2D eigenvalue weighted by molar-refractivity contribution is -0.120. The van der Waals surface area contributed by atoms with Crippen molar-refractivity contribution in [3.05, 3.63) is 48.5 Å². The summed E-state index contributed by atoms with van der Waals surface area (Å²) >= 11 is 0. The number of hydrogen-bond acceptors (Lipinski definition) is 4. The maximum atomic E-state index is 11.3. The van der Waals surface area contributed by atoms with Crippen molar-refractivity contribution in [3.63, 3.8) is 0 Å². The minimum absolute atomic E-state index is 0.0455. The average molecular weight is 353 g/mol. The summed E-state index contributed by atoms with van der Waals surface area (Å²) in [6.45, 7) is 2.71. The third-order valence-corrected chi connectivity index (χ3v) is 4.26. The fourth-order valence-electron chi connectivity index (χ4n) is 2.87. The number of rotatable bonds is 7. The molecule has 0 aliphatic heterocycles.